The van der Waals surface area contributed by atoms with Gasteiger partial charge in [-0.3, -0.25) is 4.79 Å². The number of hydrogen-bond acceptors (Lipinski definition) is 5. The van der Waals surface area contributed by atoms with Crippen molar-refractivity contribution in [2.75, 3.05) is 14.2 Å². The van der Waals surface area contributed by atoms with E-state index in [2.05, 4.69) is 0 Å². The highest BCUT2D eigenvalue weighted by Gasteiger charge is 2.11. The highest BCUT2D eigenvalue weighted by molar-refractivity contribution is 6.30. The van der Waals surface area contributed by atoms with Crippen molar-refractivity contribution in [2.24, 2.45) is 0 Å². The lowest BCUT2D eigenvalue weighted by Crippen LogP contribution is -2.08. The minimum atomic E-state index is -0.494. The highest BCUT2D eigenvalue weighted by Crippen LogP contribution is 2.25. The molecule has 0 atom stereocenters. The summed E-state index contributed by atoms with van der Waals surface area (Å²) in [5.74, 6) is 0.675. The molecule has 0 unspecified atom stereocenters. The number of halogens is 1. The molecule has 5 nitrogen and oxygen atoms in total. The van der Waals surface area contributed by atoms with E-state index in [1.165, 1.54) is 13.2 Å². The van der Waals surface area contributed by atoms with Gasteiger partial charge in [0.25, 0.3) is 0 Å². The Labute approximate surface area is 179 Å². The first kappa shape index (κ1) is 21.1. The molecular formula is C24H19ClO5. The third kappa shape index (κ3) is 5.27. The minimum absolute atomic E-state index is 0.224. The fourth-order valence-corrected chi connectivity index (χ4v) is 2.82. The molecule has 0 saturated heterocycles. The van der Waals surface area contributed by atoms with Gasteiger partial charge in [-0.2, -0.15) is 0 Å². The second-order valence-electron chi connectivity index (χ2n) is 6.23. The van der Waals surface area contributed by atoms with E-state index >= 15 is 0 Å². The van der Waals surface area contributed by atoms with Gasteiger partial charge in [-0.25, -0.2) is 4.79 Å². The molecule has 0 aliphatic heterocycles. The van der Waals surface area contributed by atoms with Crippen LogP contribution < -0.4 is 14.2 Å². The molecule has 30 heavy (non-hydrogen) atoms. The zero-order valence-electron chi connectivity index (χ0n) is 16.4. The fraction of sp³-hybridized carbons (Fsp3) is 0.0833. The van der Waals surface area contributed by atoms with Gasteiger partial charge >= 0.3 is 5.97 Å². The second kappa shape index (κ2) is 9.76. The maximum atomic E-state index is 12.6. The third-order valence-corrected chi connectivity index (χ3v) is 4.50. The smallest absolute Gasteiger partial charge is 0.343 e. The number of carbonyl (C=O) groups excluding carboxylic acids is 2. The summed E-state index contributed by atoms with van der Waals surface area (Å²) < 4.78 is 15.8. The third-order valence-electron chi connectivity index (χ3n) is 4.25. The van der Waals surface area contributed by atoms with E-state index < -0.39 is 5.97 Å². The number of benzene rings is 3. The number of ether oxygens (including phenoxy) is 3. The summed E-state index contributed by atoms with van der Waals surface area (Å²) >= 11 is 5.83. The second-order valence-corrected chi connectivity index (χ2v) is 6.67. The Balaban J connectivity index is 1.73. The van der Waals surface area contributed by atoms with Gasteiger partial charge in [-0.1, -0.05) is 29.8 Å². The van der Waals surface area contributed by atoms with Gasteiger partial charge in [0.15, 0.2) is 5.78 Å². The van der Waals surface area contributed by atoms with Crippen LogP contribution in [0, 0.1) is 0 Å². The summed E-state index contributed by atoms with van der Waals surface area (Å²) in [7, 11) is 3.04. The Kier molecular flexibility index (Phi) is 6.88. The van der Waals surface area contributed by atoms with Crippen LogP contribution in [-0.2, 0) is 0 Å². The number of hydrogen-bond donors (Lipinski definition) is 0. The van der Waals surface area contributed by atoms with Crippen LogP contribution in [0.2, 0.25) is 5.02 Å². The highest BCUT2D eigenvalue weighted by atomic mass is 35.5. The molecule has 0 saturated carbocycles. The van der Waals surface area contributed by atoms with Gasteiger partial charge in [-0.05, 0) is 60.2 Å². The van der Waals surface area contributed by atoms with Gasteiger partial charge in [0.2, 0.25) is 0 Å². The Hall–Kier alpha value is -3.57. The average molecular weight is 423 g/mol. The van der Waals surface area contributed by atoms with E-state index in [4.69, 9.17) is 25.8 Å². The van der Waals surface area contributed by atoms with Crippen LogP contribution in [0.3, 0.4) is 0 Å². The SMILES string of the molecule is COc1ccc(C(=O)/C=C/c2cccc(OC(=O)c3ccc(Cl)cc3)c2)c(OC)c1. The molecule has 152 valence electrons. The first-order chi connectivity index (χ1) is 14.5. The molecular weight excluding hydrogens is 404 g/mol. The van der Waals surface area contributed by atoms with Crippen molar-refractivity contribution in [3.05, 3.63) is 94.5 Å². The van der Waals surface area contributed by atoms with Crippen molar-refractivity contribution < 1.29 is 23.8 Å². The van der Waals surface area contributed by atoms with Crippen LogP contribution in [0.4, 0.5) is 0 Å². The summed E-state index contributed by atoms with van der Waals surface area (Å²) in [5.41, 5.74) is 1.51. The zero-order valence-corrected chi connectivity index (χ0v) is 17.2. The summed E-state index contributed by atoms with van der Waals surface area (Å²) in [6.07, 6.45) is 3.08. The summed E-state index contributed by atoms with van der Waals surface area (Å²) in [4.78, 5) is 24.8. The number of ketones is 1. The molecule has 0 bridgehead atoms. The average Bonchev–Trinajstić information content (AvgIpc) is 2.77. The van der Waals surface area contributed by atoms with E-state index in [9.17, 15) is 9.59 Å². The normalized spacial score (nSPS) is 10.6. The largest absolute Gasteiger partial charge is 0.497 e. The number of esters is 1. The molecule has 0 spiro atoms. The molecule has 3 aromatic rings. The van der Waals surface area contributed by atoms with Crippen molar-refractivity contribution in [1.82, 2.24) is 0 Å². The molecule has 0 aromatic heterocycles. The van der Waals surface area contributed by atoms with Crippen molar-refractivity contribution >= 4 is 29.4 Å². The predicted octanol–water partition coefficient (Wildman–Crippen LogP) is 5.47. The predicted molar refractivity (Wildman–Crippen MR) is 116 cm³/mol. The van der Waals surface area contributed by atoms with Gasteiger partial charge in [0.05, 0.1) is 25.3 Å². The van der Waals surface area contributed by atoms with Crippen molar-refractivity contribution in [3.8, 4) is 17.2 Å². The first-order valence-corrected chi connectivity index (χ1v) is 9.40. The van der Waals surface area contributed by atoms with Gasteiger partial charge in [-0.15, -0.1) is 0 Å². The van der Waals surface area contributed by atoms with Crippen molar-refractivity contribution in [1.29, 1.82) is 0 Å². The van der Waals surface area contributed by atoms with Crippen LogP contribution in [0.25, 0.3) is 6.08 Å². The Morgan fingerprint density at radius 2 is 1.63 bits per heavy atom. The molecule has 0 N–H and O–H groups in total. The lowest BCUT2D eigenvalue weighted by atomic mass is 10.1. The molecule has 0 fully saturated rings. The van der Waals surface area contributed by atoms with Crippen LogP contribution in [0.15, 0.2) is 72.8 Å². The molecule has 0 heterocycles. The number of methoxy groups -OCH3 is 2. The summed E-state index contributed by atoms with van der Waals surface area (Å²) in [6, 6.07) is 18.3. The Bertz CT molecular complexity index is 1090. The van der Waals surface area contributed by atoms with Crippen LogP contribution >= 0.6 is 11.6 Å². The lowest BCUT2D eigenvalue weighted by molar-refractivity contribution is 0.0734. The van der Waals surface area contributed by atoms with Crippen LogP contribution in [0.1, 0.15) is 26.3 Å². The molecule has 0 amide bonds. The Morgan fingerprint density at radius 1 is 0.867 bits per heavy atom. The quantitative estimate of drug-likeness (QED) is 0.218. The van der Waals surface area contributed by atoms with Crippen LogP contribution in [-0.4, -0.2) is 26.0 Å². The molecule has 3 aromatic carbocycles. The van der Waals surface area contributed by atoms with Gasteiger partial charge in [0.1, 0.15) is 17.2 Å². The van der Waals surface area contributed by atoms with E-state index in [-0.39, 0.29) is 5.78 Å². The topological polar surface area (TPSA) is 61.8 Å². The first-order valence-electron chi connectivity index (χ1n) is 9.02. The van der Waals surface area contributed by atoms with Gasteiger partial charge in [0, 0.05) is 11.1 Å². The van der Waals surface area contributed by atoms with Gasteiger partial charge < -0.3 is 14.2 Å². The van der Waals surface area contributed by atoms with E-state index in [1.54, 1.807) is 79.9 Å². The lowest BCUT2D eigenvalue weighted by Gasteiger charge is -2.08. The molecule has 0 aliphatic rings. The molecule has 6 heteroatoms. The summed E-state index contributed by atoms with van der Waals surface area (Å²) in [6.45, 7) is 0. The maximum Gasteiger partial charge on any atom is 0.343 e. The van der Waals surface area contributed by atoms with Crippen molar-refractivity contribution in [2.45, 2.75) is 0 Å². The molecule has 3 rings (SSSR count). The molecule has 0 radical (unpaired) electrons. The fourth-order valence-electron chi connectivity index (χ4n) is 2.70. The standard InChI is InChI=1S/C24H19ClO5/c1-28-19-11-12-21(23(15-19)29-2)22(26)13-6-16-4-3-5-20(14-16)30-24(27)17-7-9-18(25)10-8-17/h3-15H,1-2H3/b13-6+. The number of allylic oxidation sites excluding steroid dienone is 1. The number of carbonyl (C=O) groups is 2. The van der Waals surface area contributed by atoms with E-state index in [0.29, 0.717) is 39.0 Å². The summed E-state index contributed by atoms with van der Waals surface area (Å²) in [5, 5.41) is 0.539. The minimum Gasteiger partial charge on any atom is -0.497 e. The molecule has 0 aliphatic carbocycles. The van der Waals surface area contributed by atoms with Crippen molar-refractivity contribution in [3.63, 3.8) is 0 Å². The van der Waals surface area contributed by atoms with E-state index in [0.717, 1.165) is 0 Å². The van der Waals surface area contributed by atoms with Crippen LogP contribution in [0.5, 0.6) is 17.2 Å². The van der Waals surface area contributed by atoms with E-state index in [1.807, 2.05) is 0 Å². The Morgan fingerprint density at radius 3 is 2.33 bits per heavy atom. The number of rotatable bonds is 7. The maximum absolute atomic E-state index is 12.6. The zero-order chi connectivity index (χ0) is 21.5. The monoisotopic (exact) mass is 422 g/mol.